The van der Waals surface area contributed by atoms with E-state index in [1.54, 1.807) is 23.1 Å². The van der Waals surface area contributed by atoms with Crippen molar-refractivity contribution >= 4 is 15.9 Å². The van der Waals surface area contributed by atoms with E-state index in [1.165, 1.54) is 0 Å². The van der Waals surface area contributed by atoms with Gasteiger partial charge in [0.05, 0.1) is 6.04 Å². The van der Waals surface area contributed by atoms with E-state index in [2.05, 4.69) is 31.3 Å². The maximum absolute atomic E-state index is 14.9. The van der Waals surface area contributed by atoms with Crippen LogP contribution in [-0.4, -0.2) is 62.3 Å². The summed E-state index contributed by atoms with van der Waals surface area (Å²) in [6.45, 7) is 0.147. The zero-order valence-electron chi connectivity index (χ0n) is 19.3. The summed E-state index contributed by atoms with van der Waals surface area (Å²) < 4.78 is 70.7. The summed E-state index contributed by atoms with van der Waals surface area (Å²) in [5.74, 6) is -5.91. The van der Waals surface area contributed by atoms with Crippen LogP contribution in [0, 0.1) is 5.92 Å². The summed E-state index contributed by atoms with van der Waals surface area (Å²) in [6, 6.07) is 4.52. The lowest BCUT2D eigenvalue weighted by molar-refractivity contribution is -0.303. The normalized spacial score (nSPS) is 29.9. The highest BCUT2D eigenvalue weighted by Crippen LogP contribution is 2.41. The van der Waals surface area contributed by atoms with E-state index in [9.17, 15) is 42.4 Å². The quantitative estimate of drug-likeness (QED) is 0.209. The predicted octanol–water partition coefficient (Wildman–Crippen LogP) is 2.64. The first-order valence-electron chi connectivity index (χ1n) is 11.6. The van der Waals surface area contributed by atoms with Crippen molar-refractivity contribution in [3.63, 3.8) is 0 Å². The van der Waals surface area contributed by atoms with Crippen LogP contribution >= 0.6 is 15.9 Å². The number of benzene rings is 1. The van der Waals surface area contributed by atoms with E-state index in [4.69, 9.17) is 0 Å². The molecule has 37 heavy (non-hydrogen) atoms. The zero-order valence-corrected chi connectivity index (χ0v) is 20.9. The molecule has 1 saturated heterocycles. The molecule has 6 atom stereocenters. The van der Waals surface area contributed by atoms with E-state index < -0.39 is 61.3 Å². The van der Waals surface area contributed by atoms with Gasteiger partial charge in [0.2, 0.25) is 0 Å². The Morgan fingerprint density at radius 2 is 1.89 bits per heavy atom. The number of alkyl halides is 5. The first-order valence-corrected chi connectivity index (χ1v) is 12.3. The van der Waals surface area contributed by atoms with Crippen LogP contribution in [0.15, 0.2) is 40.6 Å². The Hall–Kier alpha value is -1.65. The molecule has 8 nitrogen and oxygen atoms in total. The van der Waals surface area contributed by atoms with Crippen LogP contribution in [0.4, 0.5) is 22.0 Å². The fourth-order valence-electron chi connectivity index (χ4n) is 4.83. The summed E-state index contributed by atoms with van der Waals surface area (Å²) in [5, 5.41) is 45.8. The highest BCUT2D eigenvalue weighted by molar-refractivity contribution is 9.11. The predicted molar refractivity (Wildman–Crippen MR) is 123 cm³/mol. The van der Waals surface area contributed by atoms with Crippen molar-refractivity contribution in [1.29, 1.82) is 0 Å². The summed E-state index contributed by atoms with van der Waals surface area (Å²) >= 11 is 2.85. The molecule has 2 aliphatic heterocycles. The Morgan fingerprint density at radius 3 is 2.54 bits per heavy atom. The molecule has 0 amide bonds. The van der Waals surface area contributed by atoms with Crippen LogP contribution in [0.2, 0.25) is 0 Å². The van der Waals surface area contributed by atoms with Gasteiger partial charge < -0.3 is 25.2 Å². The highest BCUT2D eigenvalue weighted by Gasteiger charge is 2.47. The summed E-state index contributed by atoms with van der Waals surface area (Å²) in [7, 11) is 0. The molecule has 4 rings (SSSR count). The summed E-state index contributed by atoms with van der Waals surface area (Å²) in [5.41, 5.74) is 1.89. The number of aliphatic hydroxyl groups excluding tert-OH is 4. The number of nitrogens with zero attached hydrogens (tertiary/aromatic N) is 1. The number of rotatable bonds is 7. The fraction of sp³-hybridized carbons (Fsp3) is 0.565. The molecular weight excluding hydrogens is 573 g/mol. The first-order chi connectivity index (χ1) is 17.3. The van der Waals surface area contributed by atoms with Gasteiger partial charge in [-0.2, -0.15) is 0 Å². The number of allylic oxidation sites excluding steroid dienone is 3. The Morgan fingerprint density at radius 1 is 1.16 bits per heavy atom. The third kappa shape index (κ3) is 6.33. The van der Waals surface area contributed by atoms with Crippen LogP contribution in [0.5, 0.6) is 0 Å². The molecule has 2 heterocycles. The van der Waals surface area contributed by atoms with E-state index in [-0.39, 0.29) is 17.6 Å². The smallest absolute Gasteiger partial charge is 0.405 e. The minimum atomic E-state index is -4.96. The van der Waals surface area contributed by atoms with Gasteiger partial charge in [0.1, 0.15) is 24.4 Å². The molecule has 0 radical (unpaired) electrons. The van der Waals surface area contributed by atoms with Gasteiger partial charge in [-0.25, -0.2) is 8.78 Å². The third-order valence-corrected chi connectivity index (χ3v) is 7.49. The van der Waals surface area contributed by atoms with Crippen molar-refractivity contribution in [2.45, 2.75) is 75.6 Å². The average Bonchev–Trinajstić information content (AvgIpc) is 3.13. The number of hydrogen-bond donors (Lipinski definition) is 6. The van der Waals surface area contributed by atoms with Crippen LogP contribution in [0.1, 0.15) is 42.2 Å². The standard InChI is InChI=1S/C23H27BrF5N3O5/c24-15-8-13(2-5-17(15)37-23(27,28)29)22(25,26)21(36)30-9-11-1-3-14-12(7-11)10-32(20(14)35)16-4-6-18(33)31-19(16)34/h1-3,5,7,13,16,18-21,30-31,33-36H,4,6,8-10H2/t13-,16?,18-,19+,20-,21-/m0/s1. The molecule has 14 heteroatoms. The van der Waals surface area contributed by atoms with Crippen LogP contribution < -0.4 is 10.6 Å². The molecule has 0 spiro atoms. The Labute approximate surface area is 217 Å². The van der Waals surface area contributed by atoms with Crippen molar-refractivity contribution in [3.8, 4) is 0 Å². The number of ether oxygens (including phenoxy) is 1. The van der Waals surface area contributed by atoms with Crippen LogP contribution in [0.3, 0.4) is 0 Å². The lowest BCUT2D eigenvalue weighted by Gasteiger charge is -2.39. The molecule has 0 saturated carbocycles. The maximum atomic E-state index is 14.9. The Bertz CT molecular complexity index is 1060. The zero-order chi connectivity index (χ0) is 27.1. The molecule has 6 N–H and O–H groups in total. The second kappa shape index (κ2) is 10.8. The number of piperidine rings is 1. The van der Waals surface area contributed by atoms with Gasteiger partial charge >= 0.3 is 6.36 Å². The van der Waals surface area contributed by atoms with Gasteiger partial charge in [-0.15, -0.1) is 13.2 Å². The number of nitrogens with one attached hydrogen (secondary N) is 2. The van der Waals surface area contributed by atoms with Gasteiger partial charge in [-0.3, -0.25) is 15.5 Å². The van der Waals surface area contributed by atoms with Crippen molar-refractivity contribution in [2.24, 2.45) is 5.92 Å². The summed E-state index contributed by atoms with van der Waals surface area (Å²) in [4.78, 5) is 1.69. The first kappa shape index (κ1) is 28.4. The molecular formula is C23H27BrF5N3O5. The molecule has 1 fully saturated rings. The van der Waals surface area contributed by atoms with Gasteiger partial charge in [0, 0.05) is 23.5 Å². The minimum Gasteiger partial charge on any atom is -0.405 e. The van der Waals surface area contributed by atoms with Crippen LogP contribution in [0.25, 0.3) is 0 Å². The monoisotopic (exact) mass is 599 g/mol. The van der Waals surface area contributed by atoms with Gasteiger partial charge in [-0.1, -0.05) is 40.2 Å². The van der Waals surface area contributed by atoms with Gasteiger partial charge in [-0.05, 0) is 42.0 Å². The van der Waals surface area contributed by atoms with Crippen LogP contribution in [-0.2, 0) is 17.8 Å². The number of aliphatic hydroxyl groups is 4. The van der Waals surface area contributed by atoms with E-state index in [0.717, 1.165) is 17.7 Å². The molecule has 1 aliphatic carbocycles. The maximum Gasteiger partial charge on any atom is 0.573 e. The minimum absolute atomic E-state index is 0.143. The van der Waals surface area contributed by atoms with Crippen molar-refractivity contribution < 1.29 is 47.1 Å². The molecule has 0 aromatic heterocycles. The third-order valence-electron chi connectivity index (χ3n) is 6.77. The second-order valence-electron chi connectivity index (χ2n) is 9.30. The number of hydrogen-bond acceptors (Lipinski definition) is 8. The van der Waals surface area contributed by atoms with Crippen molar-refractivity contribution in [2.75, 3.05) is 0 Å². The highest BCUT2D eigenvalue weighted by atomic mass is 79.9. The molecule has 206 valence electrons. The lowest BCUT2D eigenvalue weighted by atomic mass is 9.92. The fourth-order valence-corrected chi connectivity index (χ4v) is 5.39. The van der Waals surface area contributed by atoms with E-state index >= 15 is 0 Å². The molecule has 0 bridgehead atoms. The number of halogens is 6. The molecule has 1 aromatic carbocycles. The topological polar surface area (TPSA) is 117 Å². The van der Waals surface area contributed by atoms with Gasteiger partial charge in [0.25, 0.3) is 5.92 Å². The van der Waals surface area contributed by atoms with Crippen molar-refractivity contribution in [3.05, 3.63) is 57.3 Å². The average molecular weight is 600 g/mol. The lowest BCUT2D eigenvalue weighted by Crippen LogP contribution is -2.56. The summed E-state index contributed by atoms with van der Waals surface area (Å²) in [6.07, 6.45) is -8.08. The van der Waals surface area contributed by atoms with E-state index in [1.807, 2.05) is 0 Å². The Kier molecular flexibility index (Phi) is 8.31. The molecule has 1 unspecified atom stereocenters. The van der Waals surface area contributed by atoms with Crippen molar-refractivity contribution in [1.82, 2.24) is 15.5 Å². The largest absolute Gasteiger partial charge is 0.573 e. The molecule has 1 aromatic rings. The Balaban J connectivity index is 1.36. The molecule has 3 aliphatic rings. The number of fused-ring (bicyclic) bond motifs is 1. The van der Waals surface area contributed by atoms with Gasteiger partial charge in [0.15, 0.2) is 6.23 Å². The SMILES string of the molecule is O[C@H](NCc1ccc2c(c1)CN(C1CC[C@H](O)N[C@@H]1O)[C@H]2O)C(F)(F)[C@H]1C=CC(OC(F)(F)F)=C(Br)C1. The second-order valence-corrected chi connectivity index (χ2v) is 10.3. The van der Waals surface area contributed by atoms with E-state index in [0.29, 0.717) is 24.0 Å².